The van der Waals surface area contributed by atoms with E-state index in [1.807, 2.05) is 46.3 Å². The second-order valence-corrected chi connectivity index (χ2v) is 9.33. The molecule has 174 valence electrons. The molecule has 1 aromatic heterocycles. The molecule has 1 fully saturated rings. The van der Waals surface area contributed by atoms with Crippen molar-refractivity contribution in [1.82, 2.24) is 14.8 Å². The van der Waals surface area contributed by atoms with Crippen LogP contribution in [0.15, 0.2) is 54.7 Å². The number of anilines is 1. The van der Waals surface area contributed by atoms with Crippen molar-refractivity contribution in [2.24, 2.45) is 5.92 Å². The molecule has 7 heteroatoms. The highest BCUT2D eigenvalue weighted by molar-refractivity contribution is 6.01. The fourth-order valence-electron chi connectivity index (χ4n) is 5.66. The van der Waals surface area contributed by atoms with E-state index in [0.29, 0.717) is 12.2 Å². The minimum absolute atomic E-state index is 0.116. The van der Waals surface area contributed by atoms with Gasteiger partial charge in [-0.05, 0) is 66.3 Å². The molecule has 3 aliphatic rings. The Labute approximate surface area is 198 Å². The minimum atomic E-state index is -0.346. The van der Waals surface area contributed by atoms with Crippen LogP contribution in [0.5, 0.6) is 5.75 Å². The van der Waals surface area contributed by atoms with Gasteiger partial charge >= 0.3 is 6.03 Å². The number of nitrogens with zero attached hydrogens (tertiary/aromatic N) is 2. The summed E-state index contributed by atoms with van der Waals surface area (Å²) in [5.41, 5.74) is 5.19. The molecule has 0 unspecified atom stereocenters. The van der Waals surface area contributed by atoms with Gasteiger partial charge in [-0.1, -0.05) is 18.2 Å². The largest absolute Gasteiger partial charge is 0.497 e. The molecule has 2 atom stereocenters. The number of fused-ring (bicyclic) bond motifs is 2. The highest BCUT2D eigenvalue weighted by Gasteiger charge is 2.40. The molecule has 0 saturated carbocycles. The van der Waals surface area contributed by atoms with E-state index in [1.54, 1.807) is 7.11 Å². The molecule has 34 heavy (non-hydrogen) atoms. The van der Waals surface area contributed by atoms with Crippen molar-refractivity contribution in [1.29, 1.82) is 0 Å². The lowest BCUT2D eigenvalue weighted by molar-refractivity contribution is -0.133. The third-order valence-corrected chi connectivity index (χ3v) is 7.36. The summed E-state index contributed by atoms with van der Waals surface area (Å²) in [6, 6.07) is 13.2. The number of rotatable bonds is 3. The summed E-state index contributed by atoms with van der Waals surface area (Å²) in [5, 5.41) is 4.24. The number of methoxy groups -OCH3 is 1. The van der Waals surface area contributed by atoms with Crippen LogP contribution in [-0.2, 0) is 11.2 Å². The van der Waals surface area contributed by atoms with Gasteiger partial charge in [0.15, 0.2) is 0 Å². The fourth-order valence-corrected chi connectivity index (χ4v) is 5.66. The number of H-pyrrole nitrogens is 1. The molecule has 2 N–H and O–H groups in total. The summed E-state index contributed by atoms with van der Waals surface area (Å²) in [7, 11) is 1.62. The smallest absolute Gasteiger partial charge is 0.322 e. The van der Waals surface area contributed by atoms with Crippen molar-refractivity contribution in [2.75, 3.05) is 32.1 Å². The van der Waals surface area contributed by atoms with E-state index in [4.69, 9.17) is 4.74 Å². The summed E-state index contributed by atoms with van der Waals surface area (Å²) in [6.45, 7) is 1.98. The molecular weight excluding hydrogens is 428 g/mol. The first-order valence-electron chi connectivity index (χ1n) is 11.9. The molecule has 0 bridgehead atoms. The van der Waals surface area contributed by atoms with E-state index in [-0.39, 0.29) is 23.9 Å². The van der Waals surface area contributed by atoms with E-state index in [2.05, 4.69) is 28.5 Å². The summed E-state index contributed by atoms with van der Waals surface area (Å²) >= 11 is 0. The second-order valence-electron chi connectivity index (χ2n) is 9.33. The Bertz CT molecular complexity index is 1290. The zero-order chi connectivity index (χ0) is 23.2. The number of aromatic amines is 1. The number of urea groups is 1. The highest BCUT2D eigenvalue weighted by Crippen LogP contribution is 2.41. The molecule has 0 spiro atoms. The van der Waals surface area contributed by atoms with Crippen molar-refractivity contribution in [3.05, 3.63) is 65.9 Å². The van der Waals surface area contributed by atoms with Crippen LogP contribution in [0.4, 0.5) is 10.5 Å². The molecule has 3 aromatic rings. The maximum atomic E-state index is 13.6. The van der Waals surface area contributed by atoms with Crippen LogP contribution in [0.1, 0.15) is 24.0 Å². The zero-order valence-electron chi connectivity index (χ0n) is 19.2. The number of benzene rings is 2. The number of hydrogen-bond donors (Lipinski definition) is 2. The third-order valence-electron chi connectivity index (χ3n) is 7.36. The van der Waals surface area contributed by atoms with Gasteiger partial charge in [-0.15, -0.1) is 0 Å². The standard InChI is InChI=1S/C27H28N4O3/c1-34-20-9-7-19(8-10-20)29-27(33)31-16-18(26(32)30-11-2-3-12-30)13-22-21-5-4-6-23-25(21)17(15-28-23)14-24(22)31/h4-10,13,15,18,24,28H,2-3,11-12,14,16H2,1H3,(H,29,33)/t18-,24-/m1/s1. The maximum absolute atomic E-state index is 13.6. The zero-order valence-corrected chi connectivity index (χ0v) is 19.2. The first-order chi connectivity index (χ1) is 16.6. The molecule has 2 aliphatic heterocycles. The number of carbonyl (C=O) groups is 2. The topological polar surface area (TPSA) is 77.7 Å². The van der Waals surface area contributed by atoms with Crippen LogP contribution in [0.2, 0.25) is 0 Å². The van der Waals surface area contributed by atoms with Crippen LogP contribution < -0.4 is 10.1 Å². The van der Waals surface area contributed by atoms with E-state index < -0.39 is 0 Å². The van der Waals surface area contributed by atoms with Gasteiger partial charge in [-0.3, -0.25) is 4.79 Å². The van der Waals surface area contributed by atoms with Crippen molar-refractivity contribution >= 4 is 34.1 Å². The lowest BCUT2D eigenvalue weighted by Gasteiger charge is -2.42. The molecule has 6 rings (SSSR count). The maximum Gasteiger partial charge on any atom is 0.322 e. The van der Waals surface area contributed by atoms with E-state index in [9.17, 15) is 9.59 Å². The monoisotopic (exact) mass is 456 g/mol. The van der Waals surface area contributed by atoms with Crippen molar-refractivity contribution in [3.63, 3.8) is 0 Å². The first-order valence-corrected chi connectivity index (χ1v) is 11.9. The molecule has 2 aromatic carbocycles. The Morgan fingerprint density at radius 2 is 1.88 bits per heavy atom. The van der Waals surface area contributed by atoms with Crippen LogP contribution >= 0.6 is 0 Å². The van der Waals surface area contributed by atoms with Gasteiger partial charge < -0.3 is 24.8 Å². The molecular formula is C27H28N4O3. The lowest BCUT2D eigenvalue weighted by atomic mass is 9.79. The minimum Gasteiger partial charge on any atom is -0.497 e. The van der Waals surface area contributed by atoms with Crippen LogP contribution in [0, 0.1) is 5.92 Å². The summed E-state index contributed by atoms with van der Waals surface area (Å²) in [4.78, 5) is 34.2. The molecule has 3 amide bonds. The number of aromatic nitrogens is 1. The Hall–Kier alpha value is -3.74. The Morgan fingerprint density at radius 1 is 1.09 bits per heavy atom. The molecule has 1 aliphatic carbocycles. The third kappa shape index (κ3) is 3.43. The predicted molar refractivity (Wildman–Crippen MR) is 132 cm³/mol. The normalized spacial score (nSPS) is 21.3. The van der Waals surface area contributed by atoms with Crippen LogP contribution in [0.3, 0.4) is 0 Å². The fraction of sp³-hybridized carbons (Fsp3) is 0.333. The number of nitrogens with one attached hydrogen (secondary N) is 2. The number of amides is 3. The van der Waals surface area contributed by atoms with Gasteiger partial charge in [-0.2, -0.15) is 0 Å². The summed E-state index contributed by atoms with van der Waals surface area (Å²) in [6.07, 6.45) is 7.00. The molecule has 3 heterocycles. The van der Waals surface area contributed by atoms with Gasteiger partial charge in [0, 0.05) is 42.4 Å². The number of likely N-dealkylation sites (tertiary alicyclic amines) is 1. The second kappa shape index (κ2) is 8.24. The number of hydrogen-bond acceptors (Lipinski definition) is 3. The van der Waals surface area contributed by atoms with E-state index in [1.165, 1.54) is 10.9 Å². The highest BCUT2D eigenvalue weighted by atomic mass is 16.5. The summed E-state index contributed by atoms with van der Waals surface area (Å²) < 4.78 is 5.23. The van der Waals surface area contributed by atoms with Crippen molar-refractivity contribution in [2.45, 2.75) is 25.3 Å². The average Bonchev–Trinajstić information content (AvgIpc) is 3.55. The Balaban J connectivity index is 1.37. The lowest BCUT2D eigenvalue weighted by Crippen LogP contribution is -2.52. The molecule has 0 radical (unpaired) electrons. The van der Waals surface area contributed by atoms with E-state index in [0.717, 1.165) is 54.8 Å². The number of carbonyl (C=O) groups excluding carboxylic acids is 2. The van der Waals surface area contributed by atoms with Gasteiger partial charge in [0.1, 0.15) is 5.75 Å². The van der Waals surface area contributed by atoms with Gasteiger partial charge in [0.25, 0.3) is 0 Å². The Kier molecular flexibility index (Phi) is 5.05. The average molecular weight is 457 g/mol. The quantitative estimate of drug-likeness (QED) is 0.618. The van der Waals surface area contributed by atoms with Crippen molar-refractivity contribution < 1.29 is 14.3 Å². The summed E-state index contributed by atoms with van der Waals surface area (Å²) in [5.74, 6) is 0.511. The Morgan fingerprint density at radius 3 is 2.65 bits per heavy atom. The van der Waals surface area contributed by atoms with Gasteiger partial charge in [-0.25, -0.2) is 4.79 Å². The molecule has 1 saturated heterocycles. The van der Waals surface area contributed by atoms with Crippen molar-refractivity contribution in [3.8, 4) is 5.75 Å². The van der Waals surface area contributed by atoms with Gasteiger partial charge in [0.05, 0.1) is 19.1 Å². The first kappa shape index (κ1) is 20.8. The van der Waals surface area contributed by atoms with E-state index >= 15 is 0 Å². The predicted octanol–water partition coefficient (Wildman–Crippen LogP) is 4.27. The van der Waals surface area contributed by atoms with Gasteiger partial charge in [0.2, 0.25) is 5.91 Å². The van der Waals surface area contributed by atoms with Crippen LogP contribution in [-0.4, -0.2) is 59.5 Å². The van der Waals surface area contributed by atoms with Crippen LogP contribution in [0.25, 0.3) is 16.5 Å². The SMILES string of the molecule is COc1ccc(NC(=O)N2C[C@H](C(=O)N3CCCC3)C=C3c4cccc5[nH]cc(c45)C[C@H]32)cc1. The molecule has 7 nitrogen and oxygen atoms in total. The number of ether oxygens (including phenoxy) is 1.